The van der Waals surface area contributed by atoms with Gasteiger partial charge in [-0.1, -0.05) is 15.9 Å². The van der Waals surface area contributed by atoms with Crippen molar-refractivity contribution in [2.45, 2.75) is 0 Å². The van der Waals surface area contributed by atoms with Gasteiger partial charge in [0.25, 0.3) is 5.91 Å². The van der Waals surface area contributed by atoms with Gasteiger partial charge >= 0.3 is 0 Å². The Bertz CT molecular complexity index is 641. The maximum Gasteiger partial charge on any atom is 0.260 e. The molecule has 1 amide bonds. The highest BCUT2D eigenvalue weighted by Crippen LogP contribution is 2.17. The Kier molecular flexibility index (Phi) is 5.12. The molecular formula is C17H19BrN3O2+. The fourth-order valence-electron chi connectivity index (χ4n) is 2.57. The number of ether oxygens (including phenoxy) is 1. The van der Waals surface area contributed by atoms with Crippen LogP contribution in [-0.2, 0) is 4.79 Å². The number of nitrogens with one attached hydrogen (secondary N) is 1. The lowest BCUT2D eigenvalue weighted by atomic mass is 10.2. The number of amides is 1. The van der Waals surface area contributed by atoms with Crippen LogP contribution in [0.2, 0.25) is 0 Å². The van der Waals surface area contributed by atoms with Crippen molar-refractivity contribution >= 4 is 27.5 Å². The van der Waals surface area contributed by atoms with Crippen molar-refractivity contribution in [3.8, 4) is 5.75 Å². The van der Waals surface area contributed by atoms with Crippen LogP contribution in [0.3, 0.4) is 0 Å². The average Bonchev–Trinajstić information content (AvgIpc) is 2.62. The van der Waals surface area contributed by atoms with Crippen LogP contribution in [-0.4, -0.2) is 43.6 Å². The van der Waals surface area contributed by atoms with Gasteiger partial charge in [-0.25, -0.2) is 4.98 Å². The minimum atomic E-state index is 0.0361. The lowest BCUT2D eigenvalue weighted by Gasteiger charge is -2.35. The summed E-state index contributed by atoms with van der Waals surface area (Å²) in [7, 11) is 0. The topological polar surface area (TPSA) is 46.9 Å². The van der Waals surface area contributed by atoms with E-state index in [1.54, 1.807) is 0 Å². The first-order valence-electron chi connectivity index (χ1n) is 7.59. The highest BCUT2D eigenvalue weighted by atomic mass is 79.9. The van der Waals surface area contributed by atoms with Gasteiger partial charge in [-0.05, 0) is 24.3 Å². The number of hydrogen-bond acceptors (Lipinski definition) is 3. The summed E-state index contributed by atoms with van der Waals surface area (Å²) in [4.78, 5) is 19.4. The van der Waals surface area contributed by atoms with Crippen molar-refractivity contribution in [1.82, 2.24) is 4.90 Å². The van der Waals surface area contributed by atoms with Crippen LogP contribution >= 0.6 is 15.9 Å². The van der Waals surface area contributed by atoms with E-state index in [9.17, 15) is 4.79 Å². The smallest absolute Gasteiger partial charge is 0.260 e. The normalized spacial score (nSPS) is 14.7. The van der Waals surface area contributed by atoms with Crippen LogP contribution in [0.1, 0.15) is 0 Å². The molecule has 0 radical (unpaired) electrons. The van der Waals surface area contributed by atoms with Gasteiger partial charge in [0.1, 0.15) is 5.75 Å². The second kappa shape index (κ2) is 7.46. The van der Waals surface area contributed by atoms with E-state index in [2.05, 4.69) is 25.8 Å². The third kappa shape index (κ3) is 4.22. The van der Waals surface area contributed by atoms with Crippen molar-refractivity contribution in [2.24, 2.45) is 0 Å². The number of nitrogens with zero attached hydrogens (tertiary/aromatic N) is 2. The number of carbonyl (C=O) groups excluding carboxylic acids is 1. The van der Waals surface area contributed by atoms with Crippen LogP contribution in [0.4, 0.5) is 5.69 Å². The Morgan fingerprint density at radius 1 is 1.04 bits per heavy atom. The molecule has 1 aliphatic rings. The summed E-state index contributed by atoms with van der Waals surface area (Å²) < 4.78 is 6.55. The first kappa shape index (κ1) is 15.8. The molecule has 2 aromatic rings. The van der Waals surface area contributed by atoms with E-state index in [0.717, 1.165) is 30.7 Å². The summed E-state index contributed by atoms with van der Waals surface area (Å²) in [5.41, 5.74) is 1.18. The molecule has 1 fully saturated rings. The number of carbonyl (C=O) groups is 1. The lowest BCUT2D eigenvalue weighted by Crippen LogP contribution is -2.50. The number of hydrogen-bond donors (Lipinski definition) is 0. The molecular weight excluding hydrogens is 358 g/mol. The molecule has 120 valence electrons. The number of aromatic nitrogens is 1. The number of anilines is 1. The van der Waals surface area contributed by atoms with E-state index in [-0.39, 0.29) is 12.5 Å². The number of benzene rings is 1. The molecule has 0 aliphatic carbocycles. The zero-order chi connectivity index (χ0) is 16.1. The molecule has 2 heterocycles. The number of H-pyrrole nitrogens is 1. The monoisotopic (exact) mass is 376 g/mol. The van der Waals surface area contributed by atoms with Crippen molar-refractivity contribution in [2.75, 3.05) is 37.7 Å². The third-order valence-corrected chi connectivity index (χ3v) is 4.40. The number of aromatic amines is 1. The summed E-state index contributed by atoms with van der Waals surface area (Å²) in [5.74, 6) is 0.745. The minimum Gasteiger partial charge on any atom is -0.484 e. The van der Waals surface area contributed by atoms with E-state index in [0.29, 0.717) is 5.75 Å². The standard InChI is InChI=1S/C17H18BrN3O2/c18-14-1-3-16(4-2-14)23-13-17(22)21-11-9-20(10-12-21)15-5-7-19-8-6-15/h1-8H,9-13H2/p+1. The van der Waals surface area contributed by atoms with E-state index in [4.69, 9.17) is 4.74 Å². The quantitative estimate of drug-likeness (QED) is 0.819. The highest BCUT2D eigenvalue weighted by Gasteiger charge is 2.21. The Labute approximate surface area is 144 Å². The second-order valence-electron chi connectivity index (χ2n) is 5.37. The Morgan fingerprint density at radius 3 is 2.35 bits per heavy atom. The zero-order valence-corrected chi connectivity index (χ0v) is 14.3. The van der Waals surface area contributed by atoms with Crippen LogP contribution in [0.15, 0.2) is 53.3 Å². The molecule has 1 aromatic heterocycles. The number of pyridine rings is 1. The van der Waals surface area contributed by atoms with E-state index in [1.165, 1.54) is 5.69 Å². The molecule has 6 heteroatoms. The second-order valence-corrected chi connectivity index (χ2v) is 6.28. The van der Waals surface area contributed by atoms with Gasteiger partial charge in [0.05, 0.1) is 0 Å². The number of halogens is 1. The van der Waals surface area contributed by atoms with Crippen molar-refractivity contribution < 1.29 is 14.5 Å². The van der Waals surface area contributed by atoms with Gasteiger partial charge in [0, 0.05) is 48.5 Å². The van der Waals surface area contributed by atoms with Gasteiger partial charge in [-0.2, -0.15) is 0 Å². The molecule has 0 bridgehead atoms. The van der Waals surface area contributed by atoms with Crippen molar-refractivity contribution in [3.63, 3.8) is 0 Å². The Balaban J connectivity index is 1.47. The average molecular weight is 377 g/mol. The van der Waals surface area contributed by atoms with Crippen molar-refractivity contribution in [1.29, 1.82) is 0 Å². The summed E-state index contributed by atoms with van der Waals surface area (Å²) in [6.07, 6.45) is 3.83. The molecule has 1 aromatic carbocycles. The fourth-order valence-corrected chi connectivity index (χ4v) is 2.83. The largest absolute Gasteiger partial charge is 0.484 e. The van der Waals surface area contributed by atoms with Gasteiger partial charge < -0.3 is 14.5 Å². The summed E-state index contributed by atoms with van der Waals surface area (Å²) in [6.45, 7) is 3.21. The predicted octanol–water partition coefficient (Wildman–Crippen LogP) is 1.99. The fraction of sp³-hybridized carbons (Fsp3) is 0.294. The SMILES string of the molecule is O=C(COc1ccc(Br)cc1)N1CCN(c2cc[nH+]cc2)CC1. The predicted molar refractivity (Wildman–Crippen MR) is 91.4 cm³/mol. The summed E-state index contributed by atoms with van der Waals surface area (Å²) in [6, 6.07) is 11.6. The minimum absolute atomic E-state index is 0.0361. The van der Waals surface area contributed by atoms with Gasteiger partial charge in [0.15, 0.2) is 19.0 Å². The van der Waals surface area contributed by atoms with Gasteiger partial charge in [-0.3, -0.25) is 4.79 Å². The first-order valence-corrected chi connectivity index (χ1v) is 8.39. The molecule has 0 saturated carbocycles. The number of piperazine rings is 1. The summed E-state index contributed by atoms with van der Waals surface area (Å²) >= 11 is 3.38. The Hall–Kier alpha value is -2.08. The lowest BCUT2D eigenvalue weighted by molar-refractivity contribution is -0.377. The molecule has 5 nitrogen and oxygen atoms in total. The summed E-state index contributed by atoms with van der Waals surface area (Å²) in [5, 5.41) is 0. The maximum absolute atomic E-state index is 12.2. The van der Waals surface area contributed by atoms with E-state index >= 15 is 0 Å². The molecule has 0 unspecified atom stereocenters. The first-order chi connectivity index (χ1) is 11.2. The van der Waals surface area contributed by atoms with Gasteiger partial charge in [0.2, 0.25) is 0 Å². The van der Waals surface area contributed by atoms with Crippen LogP contribution in [0.25, 0.3) is 0 Å². The Morgan fingerprint density at radius 2 is 1.70 bits per heavy atom. The van der Waals surface area contributed by atoms with E-state index < -0.39 is 0 Å². The molecule has 3 rings (SSSR count). The van der Waals surface area contributed by atoms with Crippen LogP contribution in [0.5, 0.6) is 5.75 Å². The maximum atomic E-state index is 12.2. The van der Waals surface area contributed by atoms with Crippen LogP contribution < -0.4 is 14.6 Å². The van der Waals surface area contributed by atoms with Crippen LogP contribution in [0, 0.1) is 0 Å². The number of rotatable bonds is 4. The van der Waals surface area contributed by atoms with Gasteiger partial charge in [-0.15, -0.1) is 0 Å². The third-order valence-electron chi connectivity index (χ3n) is 3.87. The molecule has 1 aliphatic heterocycles. The molecule has 0 atom stereocenters. The molecule has 23 heavy (non-hydrogen) atoms. The molecule has 1 saturated heterocycles. The zero-order valence-electron chi connectivity index (χ0n) is 12.7. The van der Waals surface area contributed by atoms with Crippen molar-refractivity contribution in [3.05, 3.63) is 53.3 Å². The molecule has 1 N–H and O–H groups in total. The highest BCUT2D eigenvalue weighted by molar-refractivity contribution is 9.10. The van der Waals surface area contributed by atoms with E-state index in [1.807, 2.05) is 53.7 Å². The molecule has 0 spiro atoms.